The van der Waals surface area contributed by atoms with Crippen molar-refractivity contribution < 1.29 is 14.6 Å². The zero-order valence-corrected chi connectivity index (χ0v) is 14.9. The Kier molecular flexibility index (Phi) is 4.36. The number of likely N-dealkylation sites (tertiary alicyclic amines) is 1. The summed E-state index contributed by atoms with van der Waals surface area (Å²) in [4.78, 5) is 14.5. The number of aliphatic hydroxyl groups excluding tert-OH is 1. The lowest BCUT2D eigenvalue weighted by atomic mass is 9.86. The van der Waals surface area contributed by atoms with E-state index in [0.717, 1.165) is 37.0 Å². The summed E-state index contributed by atoms with van der Waals surface area (Å²) in [6.45, 7) is 3.17. The Morgan fingerprint density at radius 2 is 2.08 bits per heavy atom. The van der Waals surface area contributed by atoms with E-state index in [9.17, 15) is 9.90 Å². The molecular weight excluding hydrogens is 316 g/mol. The normalized spacial score (nSPS) is 30.6. The second kappa shape index (κ2) is 6.52. The minimum absolute atomic E-state index is 0.0213. The first-order valence-corrected chi connectivity index (χ1v) is 9.58. The van der Waals surface area contributed by atoms with Crippen molar-refractivity contribution in [2.24, 2.45) is 5.92 Å². The van der Waals surface area contributed by atoms with Crippen LogP contribution in [0.3, 0.4) is 0 Å². The first-order valence-electron chi connectivity index (χ1n) is 9.58. The fourth-order valence-corrected chi connectivity index (χ4v) is 4.55. The van der Waals surface area contributed by atoms with Crippen LogP contribution in [0.25, 0.3) is 0 Å². The third-order valence-corrected chi connectivity index (χ3v) is 6.22. The summed E-state index contributed by atoms with van der Waals surface area (Å²) in [5.41, 5.74) is 0.946. The standard InChI is InChI=1S/C20H28N2O3/c1-14-8-11-22(13-17(14)23)19(24)21-16-12-20(9-4-5-10-20)25-18-7-3-2-6-15(16)18/h2-3,6-7,14,16-17,23H,4-5,8-13H2,1H3,(H,21,24). The maximum atomic E-state index is 12.8. The molecule has 25 heavy (non-hydrogen) atoms. The number of hydrogen-bond acceptors (Lipinski definition) is 3. The number of fused-ring (bicyclic) bond motifs is 1. The van der Waals surface area contributed by atoms with Crippen molar-refractivity contribution in [1.82, 2.24) is 10.2 Å². The molecule has 2 heterocycles. The molecule has 2 fully saturated rings. The van der Waals surface area contributed by atoms with E-state index in [1.165, 1.54) is 12.8 Å². The van der Waals surface area contributed by atoms with Crippen LogP contribution in [0.1, 0.15) is 57.1 Å². The Balaban J connectivity index is 1.51. The van der Waals surface area contributed by atoms with Crippen molar-refractivity contribution in [3.05, 3.63) is 29.8 Å². The van der Waals surface area contributed by atoms with E-state index in [4.69, 9.17) is 4.74 Å². The van der Waals surface area contributed by atoms with E-state index in [1.54, 1.807) is 4.90 Å². The SMILES string of the molecule is CC1CCN(C(=O)NC2CC3(CCCC3)Oc3ccccc32)CC1O. The number of hydrogen-bond donors (Lipinski definition) is 2. The zero-order chi connectivity index (χ0) is 17.4. The second-order valence-corrected chi connectivity index (χ2v) is 8.02. The molecule has 0 bridgehead atoms. The number of para-hydroxylation sites is 1. The molecule has 1 aliphatic carbocycles. The number of carbonyl (C=O) groups excluding carboxylic acids is 1. The predicted molar refractivity (Wildman–Crippen MR) is 95.5 cm³/mol. The van der Waals surface area contributed by atoms with Crippen LogP contribution in [0.5, 0.6) is 5.75 Å². The summed E-state index contributed by atoms with van der Waals surface area (Å²) in [5.74, 6) is 1.17. The summed E-state index contributed by atoms with van der Waals surface area (Å²) in [6, 6.07) is 7.97. The van der Waals surface area contributed by atoms with Gasteiger partial charge in [0.2, 0.25) is 0 Å². The Morgan fingerprint density at radius 1 is 1.32 bits per heavy atom. The molecule has 3 atom stereocenters. The van der Waals surface area contributed by atoms with Gasteiger partial charge in [-0.3, -0.25) is 0 Å². The largest absolute Gasteiger partial charge is 0.487 e. The van der Waals surface area contributed by atoms with E-state index in [2.05, 4.69) is 11.4 Å². The Morgan fingerprint density at radius 3 is 2.84 bits per heavy atom. The molecular formula is C20H28N2O3. The van der Waals surface area contributed by atoms with Gasteiger partial charge in [0, 0.05) is 25.1 Å². The van der Waals surface area contributed by atoms with Gasteiger partial charge in [-0.25, -0.2) is 4.79 Å². The monoisotopic (exact) mass is 344 g/mol. The van der Waals surface area contributed by atoms with Gasteiger partial charge in [-0.2, -0.15) is 0 Å². The van der Waals surface area contributed by atoms with Gasteiger partial charge in [0.15, 0.2) is 0 Å². The van der Waals surface area contributed by atoms with Gasteiger partial charge in [0.25, 0.3) is 0 Å². The van der Waals surface area contributed by atoms with Gasteiger partial charge in [-0.15, -0.1) is 0 Å². The van der Waals surface area contributed by atoms with Gasteiger partial charge in [0.1, 0.15) is 11.4 Å². The van der Waals surface area contributed by atoms with E-state index in [1.807, 2.05) is 25.1 Å². The van der Waals surface area contributed by atoms with Crippen LogP contribution >= 0.6 is 0 Å². The van der Waals surface area contributed by atoms with E-state index in [0.29, 0.717) is 13.1 Å². The van der Waals surface area contributed by atoms with Crippen molar-refractivity contribution in [3.63, 3.8) is 0 Å². The van der Waals surface area contributed by atoms with Crippen LogP contribution in [-0.4, -0.2) is 40.8 Å². The molecule has 2 N–H and O–H groups in total. The van der Waals surface area contributed by atoms with Crippen LogP contribution in [0.2, 0.25) is 0 Å². The molecule has 4 rings (SSSR count). The van der Waals surface area contributed by atoms with Gasteiger partial charge in [-0.1, -0.05) is 25.1 Å². The van der Waals surface area contributed by atoms with Gasteiger partial charge in [0.05, 0.1) is 12.1 Å². The Hall–Kier alpha value is -1.75. The van der Waals surface area contributed by atoms with E-state index >= 15 is 0 Å². The van der Waals surface area contributed by atoms with Crippen LogP contribution in [0, 0.1) is 5.92 Å². The first kappa shape index (κ1) is 16.7. The number of ether oxygens (including phenoxy) is 1. The lowest BCUT2D eigenvalue weighted by molar-refractivity contribution is 0.0303. The van der Waals surface area contributed by atoms with Gasteiger partial charge < -0.3 is 20.1 Å². The number of rotatable bonds is 1. The molecule has 5 nitrogen and oxygen atoms in total. The maximum absolute atomic E-state index is 12.8. The predicted octanol–water partition coefficient (Wildman–Crippen LogP) is 3.24. The fraction of sp³-hybridized carbons (Fsp3) is 0.650. The lowest BCUT2D eigenvalue weighted by Gasteiger charge is -2.41. The number of piperidine rings is 1. The van der Waals surface area contributed by atoms with Crippen molar-refractivity contribution in [2.45, 2.75) is 63.2 Å². The number of urea groups is 1. The molecule has 5 heteroatoms. The minimum atomic E-state index is -0.428. The molecule has 1 saturated carbocycles. The maximum Gasteiger partial charge on any atom is 0.317 e. The molecule has 1 spiro atoms. The summed E-state index contributed by atoms with van der Waals surface area (Å²) < 4.78 is 6.36. The van der Waals surface area contributed by atoms with Gasteiger partial charge in [-0.05, 0) is 44.1 Å². The quantitative estimate of drug-likeness (QED) is 0.822. The Bertz CT molecular complexity index is 642. The smallest absolute Gasteiger partial charge is 0.317 e. The van der Waals surface area contributed by atoms with Crippen LogP contribution in [0.4, 0.5) is 4.79 Å². The first-order chi connectivity index (χ1) is 12.1. The summed E-state index contributed by atoms with van der Waals surface area (Å²) in [5, 5.41) is 13.3. The van der Waals surface area contributed by atoms with Crippen molar-refractivity contribution in [3.8, 4) is 5.75 Å². The summed E-state index contributed by atoms with van der Waals surface area (Å²) >= 11 is 0. The molecule has 1 saturated heterocycles. The van der Waals surface area contributed by atoms with Gasteiger partial charge >= 0.3 is 6.03 Å². The zero-order valence-electron chi connectivity index (χ0n) is 14.9. The lowest BCUT2D eigenvalue weighted by Crippen LogP contribution is -2.52. The Labute approximate surface area is 149 Å². The highest BCUT2D eigenvalue weighted by atomic mass is 16.5. The number of amides is 2. The van der Waals surface area contributed by atoms with E-state index < -0.39 is 6.10 Å². The van der Waals surface area contributed by atoms with Crippen molar-refractivity contribution in [1.29, 1.82) is 0 Å². The van der Waals surface area contributed by atoms with Crippen molar-refractivity contribution in [2.75, 3.05) is 13.1 Å². The summed E-state index contributed by atoms with van der Waals surface area (Å²) in [7, 11) is 0. The third kappa shape index (κ3) is 3.22. The highest BCUT2D eigenvalue weighted by Crippen LogP contribution is 2.47. The molecule has 3 aliphatic rings. The third-order valence-electron chi connectivity index (χ3n) is 6.22. The minimum Gasteiger partial charge on any atom is -0.487 e. The summed E-state index contributed by atoms with van der Waals surface area (Å²) in [6.07, 6.45) is 5.77. The number of nitrogens with one attached hydrogen (secondary N) is 1. The highest BCUT2D eigenvalue weighted by molar-refractivity contribution is 5.75. The van der Waals surface area contributed by atoms with Crippen LogP contribution < -0.4 is 10.1 Å². The molecule has 0 aromatic heterocycles. The fourth-order valence-electron chi connectivity index (χ4n) is 4.55. The molecule has 3 unspecified atom stereocenters. The highest BCUT2D eigenvalue weighted by Gasteiger charge is 2.43. The number of β-amino-alcohol motifs (C(OH)–C–C–N with tert-alkyl or cyclic N) is 1. The molecule has 1 aromatic rings. The molecule has 2 aliphatic heterocycles. The van der Waals surface area contributed by atoms with Crippen LogP contribution in [-0.2, 0) is 0 Å². The van der Waals surface area contributed by atoms with Crippen LogP contribution in [0.15, 0.2) is 24.3 Å². The number of benzene rings is 1. The molecule has 136 valence electrons. The number of nitrogens with zero attached hydrogens (tertiary/aromatic N) is 1. The number of aliphatic hydroxyl groups is 1. The topological polar surface area (TPSA) is 61.8 Å². The molecule has 2 amide bonds. The molecule has 0 radical (unpaired) electrons. The molecule has 1 aromatic carbocycles. The average molecular weight is 344 g/mol. The number of carbonyl (C=O) groups is 1. The van der Waals surface area contributed by atoms with E-state index in [-0.39, 0.29) is 23.6 Å². The van der Waals surface area contributed by atoms with Crippen molar-refractivity contribution >= 4 is 6.03 Å². The second-order valence-electron chi connectivity index (χ2n) is 8.02. The average Bonchev–Trinajstić information content (AvgIpc) is 3.04.